The van der Waals surface area contributed by atoms with Crippen molar-refractivity contribution < 1.29 is 22.4 Å². The molecule has 0 aromatic heterocycles. The number of hydrogen-bond acceptors (Lipinski definition) is 4. The Kier molecular flexibility index (Phi) is 8.48. The van der Waals surface area contributed by atoms with Gasteiger partial charge in [0.1, 0.15) is 18.4 Å². The van der Waals surface area contributed by atoms with Gasteiger partial charge in [-0.1, -0.05) is 54.1 Å². The Hall–Kier alpha value is -3.43. The van der Waals surface area contributed by atoms with Gasteiger partial charge in [-0.3, -0.25) is 13.9 Å². The van der Waals surface area contributed by atoms with Crippen LogP contribution < -0.4 is 9.62 Å². The number of amides is 2. The van der Waals surface area contributed by atoms with Gasteiger partial charge in [-0.15, -0.1) is 0 Å². The molecule has 0 aliphatic rings. The van der Waals surface area contributed by atoms with Gasteiger partial charge in [0.2, 0.25) is 11.8 Å². The molecule has 0 radical (unpaired) electrons. The molecule has 0 unspecified atom stereocenters. The van der Waals surface area contributed by atoms with Crippen LogP contribution in [0, 0.1) is 5.82 Å². The van der Waals surface area contributed by atoms with E-state index in [0.717, 1.165) is 10.4 Å². The van der Waals surface area contributed by atoms with Crippen molar-refractivity contribution in [1.82, 2.24) is 10.2 Å². The van der Waals surface area contributed by atoms with Crippen LogP contribution in [0.25, 0.3) is 0 Å². The summed E-state index contributed by atoms with van der Waals surface area (Å²) in [7, 11) is -2.88. The molecule has 7 nitrogen and oxygen atoms in total. The first-order chi connectivity index (χ1) is 16.6. The largest absolute Gasteiger partial charge is 0.357 e. The van der Waals surface area contributed by atoms with Gasteiger partial charge < -0.3 is 10.2 Å². The normalized spacial score (nSPS) is 12.0. The van der Waals surface area contributed by atoms with Crippen molar-refractivity contribution in [2.75, 3.05) is 17.9 Å². The highest BCUT2D eigenvalue weighted by molar-refractivity contribution is 7.92. The van der Waals surface area contributed by atoms with E-state index in [2.05, 4.69) is 5.32 Å². The number of halogens is 2. The summed E-state index contributed by atoms with van der Waals surface area (Å²) in [6.07, 6.45) is 0. The molecule has 0 saturated carbocycles. The molecule has 1 atom stereocenters. The Morgan fingerprint density at radius 1 is 1.00 bits per heavy atom. The lowest BCUT2D eigenvalue weighted by Gasteiger charge is -2.31. The summed E-state index contributed by atoms with van der Waals surface area (Å²) in [5, 5.41) is 2.94. The van der Waals surface area contributed by atoms with Crippen molar-refractivity contribution in [3.8, 4) is 0 Å². The number of para-hydroxylation sites is 1. The molecule has 35 heavy (non-hydrogen) atoms. The SMILES string of the molecule is CNC(=O)[C@@H](C)N(Cc1cccc(Cl)c1)C(=O)CN(c1ccccc1F)S(=O)(=O)c1ccccc1. The highest BCUT2D eigenvalue weighted by atomic mass is 35.5. The van der Waals surface area contributed by atoms with Crippen molar-refractivity contribution in [2.24, 2.45) is 0 Å². The van der Waals surface area contributed by atoms with Crippen LogP contribution in [0.5, 0.6) is 0 Å². The minimum atomic E-state index is -4.31. The highest BCUT2D eigenvalue weighted by Gasteiger charge is 2.33. The van der Waals surface area contributed by atoms with Gasteiger partial charge in [0.05, 0.1) is 10.6 Å². The predicted molar refractivity (Wildman–Crippen MR) is 133 cm³/mol. The quantitative estimate of drug-likeness (QED) is 0.467. The molecule has 3 aromatic carbocycles. The first-order valence-corrected chi connectivity index (χ1v) is 12.5. The molecule has 0 heterocycles. The molecule has 1 N–H and O–H groups in total. The number of likely N-dealkylation sites (N-methyl/N-ethyl adjacent to an activating group) is 1. The number of carbonyl (C=O) groups excluding carboxylic acids is 2. The van der Waals surface area contributed by atoms with E-state index in [9.17, 15) is 22.4 Å². The van der Waals surface area contributed by atoms with E-state index >= 15 is 0 Å². The van der Waals surface area contributed by atoms with E-state index in [0.29, 0.717) is 10.6 Å². The third-order valence-corrected chi connectivity index (χ3v) is 7.40. The van der Waals surface area contributed by atoms with E-state index < -0.39 is 40.2 Å². The third kappa shape index (κ3) is 6.17. The Labute approximate surface area is 209 Å². The van der Waals surface area contributed by atoms with Crippen molar-refractivity contribution in [1.29, 1.82) is 0 Å². The van der Waals surface area contributed by atoms with Crippen LogP contribution in [-0.4, -0.2) is 44.8 Å². The zero-order valence-corrected chi connectivity index (χ0v) is 20.8. The summed E-state index contributed by atoms with van der Waals surface area (Å²) in [6, 6.07) is 18.6. The van der Waals surface area contributed by atoms with Gasteiger partial charge in [0.15, 0.2) is 0 Å². The van der Waals surface area contributed by atoms with Crippen LogP contribution in [0.2, 0.25) is 5.02 Å². The minimum Gasteiger partial charge on any atom is -0.357 e. The van der Waals surface area contributed by atoms with E-state index in [4.69, 9.17) is 11.6 Å². The number of nitrogens with zero attached hydrogens (tertiary/aromatic N) is 2. The van der Waals surface area contributed by atoms with Crippen molar-refractivity contribution in [2.45, 2.75) is 24.4 Å². The van der Waals surface area contributed by atoms with Gasteiger partial charge in [0.25, 0.3) is 10.0 Å². The van der Waals surface area contributed by atoms with Crippen LogP contribution in [0.1, 0.15) is 12.5 Å². The van der Waals surface area contributed by atoms with E-state index in [1.807, 2.05) is 0 Å². The molecule has 0 fully saturated rings. The molecule has 184 valence electrons. The molecular weight excluding hydrogens is 493 g/mol. The molecule has 0 aliphatic heterocycles. The summed E-state index contributed by atoms with van der Waals surface area (Å²) in [5.41, 5.74) is 0.366. The average molecular weight is 518 g/mol. The van der Waals surface area contributed by atoms with Gasteiger partial charge in [0, 0.05) is 18.6 Å². The molecule has 3 aromatic rings. The lowest BCUT2D eigenvalue weighted by molar-refractivity contribution is -0.139. The number of carbonyl (C=O) groups is 2. The van der Waals surface area contributed by atoms with Crippen molar-refractivity contribution >= 4 is 39.1 Å². The monoisotopic (exact) mass is 517 g/mol. The van der Waals surface area contributed by atoms with Gasteiger partial charge in [-0.25, -0.2) is 12.8 Å². The second-order valence-electron chi connectivity index (χ2n) is 7.72. The van der Waals surface area contributed by atoms with Crippen molar-refractivity contribution in [3.05, 3.63) is 95.3 Å². The Balaban J connectivity index is 2.04. The summed E-state index contributed by atoms with van der Waals surface area (Å²) in [6.45, 7) is 0.797. The van der Waals surface area contributed by atoms with E-state index in [1.165, 1.54) is 61.3 Å². The predicted octanol–water partition coefficient (Wildman–Crippen LogP) is 3.84. The molecule has 0 aliphatic carbocycles. The van der Waals surface area contributed by atoms with Gasteiger partial charge in [-0.05, 0) is 48.9 Å². The van der Waals surface area contributed by atoms with Crippen LogP contribution in [0.4, 0.5) is 10.1 Å². The van der Waals surface area contributed by atoms with E-state index in [1.54, 1.807) is 30.3 Å². The maximum Gasteiger partial charge on any atom is 0.264 e. The van der Waals surface area contributed by atoms with E-state index in [-0.39, 0.29) is 17.1 Å². The summed E-state index contributed by atoms with van der Waals surface area (Å²) in [4.78, 5) is 27.1. The smallest absolute Gasteiger partial charge is 0.264 e. The fourth-order valence-corrected chi connectivity index (χ4v) is 5.17. The minimum absolute atomic E-state index is 0.00945. The fourth-order valence-electron chi connectivity index (χ4n) is 3.51. The maximum absolute atomic E-state index is 14.8. The highest BCUT2D eigenvalue weighted by Crippen LogP contribution is 2.27. The molecule has 0 bridgehead atoms. The van der Waals surface area contributed by atoms with Gasteiger partial charge >= 0.3 is 0 Å². The zero-order valence-electron chi connectivity index (χ0n) is 19.2. The first kappa shape index (κ1) is 26.2. The number of anilines is 1. The lowest BCUT2D eigenvalue weighted by atomic mass is 10.1. The number of benzene rings is 3. The average Bonchev–Trinajstić information content (AvgIpc) is 2.85. The summed E-state index contributed by atoms with van der Waals surface area (Å²) in [5.74, 6) is -1.94. The number of hydrogen-bond donors (Lipinski definition) is 1. The second-order valence-corrected chi connectivity index (χ2v) is 10.0. The third-order valence-electron chi connectivity index (χ3n) is 5.39. The summed E-state index contributed by atoms with van der Waals surface area (Å²) < 4.78 is 42.5. The Morgan fingerprint density at radius 3 is 2.29 bits per heavy atom. The molecule has 0 spiro atoms. The summed E-state index contributed by atoms with van der Waals surface area (Å²) >= 11 is 6.07. The molecule has 10 heteroatoms. The molecule has 0 saturated heterocycles. The van der Waals surface area contributed by atoms with Crippen LogP contribution in [0.3, 0.4) is 0 Å². The molecular formula is C25H25ClFN3O4S. The zero-order chi connectivity index (χ0) is 25.6. The standard InChI is InChI=1S/C25H25ClFN3O4S/c1-18(25(32)28-2)29(16-19-9-8-10-20(26)15-19)24(31)17-30(23-14-7-6-13-22(23)27)35(33,34)21-11-4-3-5-12-21/h3-15,18H,16-17H2,1-2H3,(H,28,32)/t18-/m1/s1. The number of rotatable bonds is 9. The van der Waals surface area contributed by atoms with Crippen molar-refractivity contribution in [3.63, 3.8) is 0 Å². The molecule has 2 amide bonds. The Morgan fingerprint density at radius 2 is 1.66 bits per heavy atom. The van der Waals surface area contributed by atoms with Crippen LogP contribution in [-0.2, 0) is 26.2 Å². The fraction of sp³-hybridized carbons (Fsp3) is 0.200. The van der Waals surface area contributed by atoms with Crippen LogP contribution >= 0.6 is 11.6 Å². The lowest BCUT2D eigenvalue weighted by Crippen LogP contribution is -2.50. The molecule has 3 rings (SSSR count). The number of nitrogens with one attached hydrogen (secondary N) is 1. The maximum atomic E-state index is 14.8. The first-order valence-electron chi connectivity index (χ1n) is 10.7. The topological polar surface area (TPSA) is 86.8 Å². The van der Waals surface area contributed by atoms with Crippen LogP contribution in [0.15, 0.2) is 83.8 Å². The second kappa shape index (κ2) is 11.3. The Bertz CT molecular complexity index is 1300. The van der Waals surface area contributed by atoms with Gasteiger partial charge in [-0.2, -0.15) is 0 Å². The number of sulfonamides is 1.